The highest BCUT2D eigenvalue weighted by molar-refractivity contribution is 5.66. The molecule has 41 heavy (non-hydrogen) atoms. The van der Waals surface area contributed by atoms with Gasteiger partial charge in [0, 0.05) is 13.3 Å². The number of hydrogen-bond donors (Lipinski definition) is 0. The number of allylic oxidation sites excluding steroid dienone is 1. The number of ether oxygens (including phenoxy) is 2. The zero-order chi connectivity index (χ0) is 28.5. The molecule has 218 valence electrons. The first-order valence-electron chi connectivity index (χ1n) is 16.4. The van der Waals surface area contributed by atoms with Crippen molar-refractivity contribution in [3.8, 4) is 0 Å². The fourth-order valence-electron chi connectivity index (χ4n) is 11.1. The molecular weight excluding hydrogens is 504 g/mol. The lowest BCUT2D eigenvalue weighted by Crippen LogP contribution is -2.53. The van der Waals surface area contributed by atoms with Crippen molar-refractivity contribution in [3.63, 3.8) is 0 Å². The van der Waals surface area contributed by atoms with Crippen LogP contribution in [0.2, 0.25) is 0 Å². The summed E-state index contributed by atoms with van der Waals surface area (Å²) in [5.74, 6) is 2.71. The summed E-state index contributed by atoms with van der Waals surface area (Å²) in [6.45, 7) is 9.20. The number of carbonyl (C=O) groups is 1. The van der Waals surface area contributed by atoms with Crippen LogP contribution >= 0.6 is 0 Å². The van der Waals surface area contributed by atoms with E-state index in [0.29, 0.717) is 11.3 Å². The second kappa shape index (κ2) is 9.83. The minimum atomic E-state index is -0.376. The first kappa shape index (κ1) is 27.4. The van der Waals surface area contributed by atoms with Gasteiger partial charge in [0.25, 0.3) is 0 Å². The van der Waals surface area contributed by atoms with Gasteiger partial charge < -0.3 is 9.47 Å². The molecule has 3 saturated carbocycles. The molecule has 3 heteroatoms. The molecule has 1 heterocycles. The summed E-state index contributed by atoms with van der Waals surface area (Å²) >= 11 is 0. The molecule has 4 aliphatic carbocycles. The van der Waals surface area contributed by atoms with Crippen LogP contribution in [0.15, 0.2) is 72.3 Å². The molecule has 0 amide bonds. The normalized spacial score (nSPS) is 41.1. The van der Waals surface area contributed by atoms with E-state index < -0.39 is 0 Å². The Hall–Kier alpha value is -2.39. The number of hydrogen-bond acceptors (Lipinski definition) is 3. The first-order chi connectivity index (χ1) is 19.7. The summed E-state index contributed by atoms with van der Waals surface area (Å²) in [6.07, 6.45) is 14.3. The molecule has 0 radical (unpaired) electrons. The van der Waals surface area contributed by atoms with Crippen molar-refractivity contribution in [2.24, 2.45) is 34.5 Å². The molecule has 2 aromatic carbocycles. The highest BCUT2D eigenvalue weighted by Gasteiger charge is 2.64. The van der Waals surface area contributed by atoms with E-state index >= 15 is 0 Å². The summed E-state index contributed by atoms with van der Waals surface area (Å²) in [4.78, 5) is 11.7. The van der Waals surface area contributed by atoms with Crippen molar-refractivity contribution in [2.75, 3.05) is 0 Å². The standard InChI is InChI=1S/C38H48O3/c1-26(39)40-30-19-21-35(2)29(25-30)15-16-31-32-17-18-34(36(32,3)22-20-33(31)35)37(4)23-24-38(41-37,27-11-7-5-8-12-27)28-13-9-6-10-14-28/h5-15,30-34H,16-25H2,1-4H3/t30-,31+,32+,33+,34+,35+,36+,37-/m1/s1. The maximum absolute atomic E-state index is 11.7. The lowest BCUT2D eigenvalue weighted by atomic mass is 9.46. The molecule has 5 aliphatic rings. The van der Waals surface area contributed by atoms with Crippen LogP contribution in [0.4, 0.5) is 0 Å². The van der Waals surface area contributed by atoms with E-state index in [-0.39, 0.29) is 28.7 Å². The molecule has 0 unspecified atom stereocenters. The topological polar surface area (TPSA) is 35.5 Å². The fraction of sp³-hybridized carbons (Fsp3) is 0.605. The van der Waals surface area contributed by atoms with Crippen LogP contribution in [-0.4, -0.2) is 17.7 Å². The molecular formula is C38H48O3. The predicted octanol–water partition coefficient (Wildman–Crippen LogP) is 9.01. The fourth-order valence-corrected chi connectivity index (χ4v) is 11.1. The molecule has 1 saturated heterocycles. The Labute approximate surface area is 247 Å². The van der Waals surface area contributed by atoms with Crippen molar-refractivity contribution < 1.29 is 14.3 Å². The summed E-state index contributed by atoms with van der Waals surface area (Å²) in [5, 5.41) is 0. The zero-order valence-electron chi connectivity index (χ0n) is 25.5. The Morgan fingerprint density at radius 3 is 2.15 bits per heavy atom. The summed E-state index contributed by atoms with van der Waals surface area (Å²) in [5.41, 5.74) is 4.24. The average molecular weight is 553 g/mol. The van der Waals surface area contributed by atoms with E-state index in [1.807, 2.05) is 0 Å². The number of esters is 1. The van der Waals surface area contributed by atoms with Crippen molar-refractivity contribution in [3.05, 3.63) is 83.4 Å². The number of rotatable bonds is 4. The second-order valence-corrected chi connectivity index (χ2v) is 14.9. The lowest BCUT2D eigenvalue weighted by molar-refractivity contribution is -0.153. The molecule has 3 nitrogen and oxygen atoms in total. The number of fused-ring (bicyclic) bond motifs is 5. The predicted molar refractivity (Wildman–Crippen MR) is 163 cm³/mol. The quantitative estimate of drug-likeness (QED) is 0.280. The highest BCUT2D eigenvalue weighted by Crippen LogP contribution is 2.69. The Morgan fingerprint density at radius 2 is 1.49 bits per heavy atom. The Balaban J connectivity index is 1.17. The van der Waals surface area contributed by atoms with Crippen molar-refractivity contribution in [1.82, 2.24) is 0 Å². The van der Waals surface area contributed by atoms with Gasteiger partial charge >= 0.3 is 5.97 Å². The first-order valence-corrected chi connectivity index (χ1v) is 16.4. The van der Waals surface area contributed by atoms with Gasteiger partial charge in [0.05, 0.1) is 5.60 Å². The van der Waals surface area contributed by atoms with Crippen molar-refractivity contribution in [1.29, 1.82) is 0 Å². The third-order valence-electron chi connectivity index (χ3n) is 13.0. The number of benzene rings is 2. The Morgan fingerprint density at radius 1 is 0.805 bits per heavy atom. The third-order valence-corrected chi connectivity index (χ3v) is 13.0. The highest BCUT2D eigenvalue weighted by atomic mass is 16.5. The van der Waals surface area contributed by atoms with Gasteiger partial charge in [-0.05, 0) is 110 Å². The molecule has 2 aromatic rings. The Bertz CT molecular complexity index is 1280. The minimum absolute atomic E-state index is 0.0713. The van der Waals surface area contributed by atoms with Crippen molar-refractivity contribution >= 4 is 5.97 Å². The van der Waals surface area contributed by atoms with Crippen LogP contribution in [0.3, 0.4) is 0 Å². The van der Waals surface area contributed by atoms with E-state index in [1.165, 1.54) is 43.2 Å². The van der Waals surface area contributed by atoms with E-state index in [9.17, 15) is 4.79 Å². The zero-order valence-corrected chi connectivity index (χ0v) is 25.5. The molecule has 8 atom stereocenters. The van der Waals surface area contributed by atoms with Crippen LogP contribution in [0.25, 0.3) is 0 Å². The van der Waals surface area contributed by atoms with Gasteiger partial charge in [0.1, 0.15) is 11.7 Å². The summed E-state index contributed by atoms with van der Waals surface area (Å²) < 4.78 is 13.2. The van der Waals surface area contributed by atoms with E-state index in [4.69, 9.17) is 9.47 Å². The summed E-state index contributed by atoms with van der Waals surface area (Å²) in [6, 6.07) is 22.0. The van der Waals surface area contributed by atoms with Gasteiger partial charge in [-0.15, -0.1) is 0 Å². The number of carbonyl (C=O) groups excluding carboxylic acids is 1. The van der Waals surface area contributed by atoms with Gasteiger partial charge in [-0.3, -0.25) is 4.79 Å². The van der Waals surface area contributed by atoms with E-state index in [2.05, 4.69) is 87.5 Å². The molecule has 1 aliphatic heterocycles. The molecule has 4 fully saturated rings. The maximum Gasteiger partial charge on any atom is 0.302 e. The average Bonchev–Trinajstić information content (AvgIpc) is 3.53. The molecule has 0 bridgehead atoms. The van der Waals surface area contributed by atoms with Crippen LogP contribution in [-0.2, 0) is 19.9 Å². The maximum atomic E-state index is 11.7. The van der Waals surface area contributed by atoms with E-state index in [1.54, 1.807) is 12.5 Å². The second-order valence-electron chi connectivity index (χ2n) is 14.9. The van der Waals surface area contributed by atoms with Gasteiger partial charge in [0.15, 0.2) is 0 Å². The Kier molecular flexibility index (Phi) is 6.58. The van der Waals surface area contributed by atoms with Gasteiger partial charge in [-0.1, -0.05) is 86.2 Å². The largest absolute Gasteiger partial charge is 0.462 e. The monoisotopic (exact) mass is 552 g/mol. The van der Waals surface area contributed by atoms with Crippen LogP contribution < -0.4 is 0 Å². The third kappa shape index (κ3) is 4.20. The molecule has 0 spiro atoms. The van der Waals surface area contributed by atoms with Gasteiger partial charge in [0.2, 0.25) is 0 Å². The van der Waals surface area contributed by atoms with Crippen LogP contribution in [0, 0.1) is 34.5 Å². The van der Waals surface area contributed by atoms with Crippen molar-refractivity contribution in [2.45, 2.75) is 109 Å². The SMILES string of the molecule is CC(=O)O[C@@H]1CC[C@@]2(C)C(=CC[C@H]3[C@@H]4CC[C@H]([C@@]5(C)CCC(c6ccccc6)(c6ccccc6)O5)[C@@]4(C)CC[C@@H]32)C1. The molecule has 0 N–H and O–H groups in total. The smallest absolute Gasteiger partial charge is 0.302 e. The van der Waals surface area contributed by atoms with Crippen LogP contribution in [0.1, 0.15) is 103 Å². The lowest BCUT2D eigenvalue weighted by Gasteiger charge is -2.59. The van der Waals surface area contributed by atoms with E-state index in [0.717, 1.165) is 49.9 Å². The van der Waals surface area contributed by atoms with Crippen LogP contribution in [0.5, 0.6) is 0 Å². The molecule has 0 aromatic heterocycles. The minimum Gasteiger partial charge on any atom is -0.462 e. The molecule has 7 rings (SSSR count). The van der Waals surface area contributed by atoms with Gasteiger partial charge in [-0.2, -0.15) is 0 Å². The summed E-state index contributed by atoms with van der Waals surface area (Å²) in [7, 11) is 0. The van der Waals surface area contributed by atoms with Gasteiger partial charge in [-0.25, -0.2) is 0 Å².